The average molecular weight is 285 g/mol. The van der Waals surface area contributed by atoms with Crippen LogP contribution < -0.4 is 5.32 Å². The maximum atomic E-state index is 12.3. The second-order valence-electron chi connectivity index (χ2n) is 4.37. The van der Waals surface area contributed by atoms with Gasteiger partial charge in [-0.15, -0.1) is 12.4 Å². The van der Waals surface area contributed by atoms with Crippen molar-refractivity contribution in [2.45, 2.75) is 25.7 Å². The van der Waals surface area contributed by atoms with Crippen LogP contribution in [0.15, 0.2) is 6.07 Å². The number of nitrogens with zero attached hydrogens (tertiary/aromatic N) is 2. The van der Waals surface area contributed by atoms with Gasteiger partial charge in [0.05, 0.1) is 0 Å². The lowest BCUT2D eigenvalue weighted by molar-refractivity contribution is -0.141. The van der Waals surface area contributed by atoms with Crippen LogP contribution in [0.2, 0.25) is 0 Å². The first kappa shape index (κ1) is 15.3. The zero-order valence-electron chi connectivity index (χ0n) is 9.92. The number of rotatable bonds is 2. The molecule has 2 rings (SSSR count). The second-order valence-corrected chi connectivity index (χ2v) is 4.37. The molecule has 1 aromatic rings. The third kappa shape index (κ3) is 3.86. The molecule has 2 N–H and O–H groups in total. The summed E-state index contributed by atoms with van der Waals surface area (Å²) in [5.74, 6) is 0. The Hall–Kier alpha value is -0.790. The van der Waals surface area contributed by atoms with Crippen LogP contribution in [0, 0.1) is 0 Å². The van der Waals surface area contributed by atoms with E-state index in [2.05, 4.69) is 27.3 Å². The predicted octanol–water partition coefficient (Wildman–Crippen LogP) is 1.64. The van der Waals surface area contributed by atoms with Crippen molar-refractivity contribution in [1.29, 1.82) is 0 Å². The molecule has 0 amide bonds. The molecule has 0 spiro atoms. The highest BCUT2D eigenvalue weighted by atomic mass is 35.5. The van der Waals surface area contributed by atoms with Gasteiger partial charge in [0, 0.05) is 37.9 Å². The first-order valence-electron chi connectivity index (χ1n) is 5.52. The molecular weight excluding hydrogens is 269 g/mol. The van der Waals surface area contributed by atoms with Crippen LogP contribution in [-0.4, -0.2) is 40.8 Å². The molecule has 0 radical (unpaired) electrons. The van der Waals surface area contributed by atoms with Crippen molar-refractivity contribution in [1.82, 2.24) is 20.4 Å². The first-order valence-corrected chi connectivity index (χ1v) is 5.52. The summed E-state index contributed by atoms with van der Waals surface area (Å²) in [4.78, 5) is 2.11. The fourth-order valence-corrected chi connectivity index (χ4v) is 1.98. The van der Waals surface area contributed by atoms with Gasteiger partial charge < -0.3 is 5.32 Å². The summed E-state index contributed by atoms with van der Waals surface area (Å²) >= 11 is 0. The van der Waals surface area contributed by atoms with E-state index >= 15 is 0 Å². The van der Waals surface area contributed by atoms with Crippen molar-refractivity contribution < 1.29 is 13.2 Å². The summed E-state index contributed by atoms with van der Waals surface area (Å²) in [6, 6.07) is 1.45. The van der Waals surface area contributed by atoms with Crippen LogP contribution in [0.25, 0.3) is 0 Å². The molecule has 0 aliphatic carbocycles. The Morgan fingerprint density at radius 3 is 2.78 bits per heavy atom. The quantitative estimate of drug-likeness (QED) is 0.868. The lowest BCUT2D eigenvalue weighted by Gasteiger charge is -2.31. The van der Waals surface area contributed by atoms with Gasteiger partial charge in [0.25, 0.3) is 0 Å². The molecule has 8 heteroatoms. The van der Waals surface area contributed by atoms with Crippen LogP contribution in [0.4, 0.5) is 13.2 Å². The fourth-order valence-electron chi connectivity index (χ4n) is 1.98. The van der Waals surface area contributed by atoms with Crippen molar-refractivity contribution in [2.75, 3.05) is 19.6 Å². The number of hydrogen-bond donors (Lipinski definition) is 2. The second kappa shape index (κ2) is 5.90. The van der Waals surface area contributed by atoms with E-state index < -0.39 is 11.9 Å². The van der Waals surface area contributed by atoms with Gasteiger partial charge in [0.2, 0.25) is 0 Å². The third-order valence-electron chi connectivity index (χ3n) is 2.77. The minimum absolute atomic E-state index is 0. The Kier molecular flexibility index (Phi) is 5.01. The fraction of sp³-hybridized carbons (Fsp3) is 0.700. The SMILES string of the molecule is C[C@@H]1CN(Cc2cc(C(F)(F)F)n[nH]2)CCN1.Cl. The molecule has 0 saturated carbocycles. The Labute approximate surface area is 109 Å². The molecule has 0 bridgehead atoms. The summed E-state index contributed by atoms with van der Waals surface area (Å²) in [7, 11) is 0. The van der Waals surface area contributed by atoms with E-state index in [9.17, 15) is 13.2 Å². The van der Waals surface area contributed by atoms with Gasteiger partial charge in [-0.25, -0.2) is 0 Å². The van der Waals surface area contributed by atoms with E-state index in [0.29, 0.717) is 18.3 Å². The lowest BCUT2D eigenvalue weighted by atomic mass is 10.2. The number of aromatic nitrogens is 2. The van der Waals surface area contributed by atoms with Crippen molar-refractivity contribution in [3.63, 3.8) is 0 Å². The summed E-state index contributed by atoms with van der Waals surface area (Å²) < 4.78 is 37.0. The summed E-state index contributed by atoms with van der Waals surface area (Å²) in [5, 5.41) is 9.00. The van der Waals surface area contributed by atoms with E-state index in [1.807, 2.05) is 0 Å². The number of alkyl halides is 3. The van der Waals surface area contributed by atoms with Crippen LogP contribution in [-0.2, 0) is 12.7 Å². The molecule has 104 valence electrons. The van der Waals surface area contributed by atoms with Crippen LogP contribution in [0.3, 0.4) is 0 Å². The monoisotopic (exact) mass is 284 g/mol. The normalized spacial score (nSPS) is 21.7. The van der Waals surface area contributed by atoms with Gasteiger partial charge in [0.1, 0.15) is 0 Å². The van der Waals surface area contributed by atoms with Crippen molar-refractivity contribution in [3.8, 4) is 0 Å². The molecule has 1 atom stereocenters. The molecule has 1 aliphatic heterocycles. The molecule has 2 heterocycles. The smallest absolute Gasteiger partial charge is 0.312 e. The minimum atomic E-state index is -4.37. The number of aromatic amines is 1. The van der Waals surface area contributed by atoms with Crippen LogP contribution in [0.1, 0.15) is 18.3 Å². The zero-order chi connectivity index (χ0) is 12.5. The summed E-state index contributed by atoms with van der Waals surface area (Å²) in [6.45, 7) is 5.07. The predicted molar refractivity (Wildman–Crippen MR) is 63.6 cm³/mol. The molecule has 0 unspecified atom stereocenters. The Morgan fingerprint density at radius 1 is 1.50 bits per heavy atom. The maximum Gasteiger partial charge on any atom is 0.435 e. The summed E-state index contributed by atoms with van der Waals surface area (Å²) in [5.41, 5.74) is -0.345. The number of hydrogen-bond acceptors (Lipinski definition) is 3. The molecule has 4 nitrogen and oxygen atoms in total. The van der Waals surface area contributed by atoms with Crippen molar-refractivity contribution in [2.24, 2.45) is 0 Å². The molecule has 1 aliphatic rings. The maximum absolute atomic E-state index is 12.3. The van der Waals surface area contributed by atoms with E-state index in [4.69, 9.17) is 0 Å². The highest BCUT2D eigenvalue weighted by Gasteiger charge is 2.34. The average Bonchev–Trinajstić information content (AvgIpc) is 2.65. The molecular formula is C10H16ClF3N4. The number of nitrogens with one attached hydrogen (secondary N) is 2. The molecule has 1 aromatic heterocycles. The zero-order valence-corrected chi connectivity index (χ0v) is 10.7. The third-order valence-corrected chi connectivity index (χ3v) is 2.77. The van der Waals surface area contributed by atoms with E-state index in [1.54, 1.807) is 0 Å². The topological polar surface area (TPSA) is 44.0 Å². The summed E-state index contributed by atoms with van der Waals surface area (Å²) in [6.07, 6.45) is -4.37. The van der Waals surface area contributed by atoms with Gasteiger partial charge >= 0.3 is 6.18 Å². The lowest BCUT2D eigenvalue weighted by Crippen LogP contribution is -2.48. The standard InChI is InChI=1S/C10H15F3N4.ClH/c1-7-5-17(3-2-14-7)6-8-4-9(16-15-8)10(11,12)13;/h4,7,14H,2-3,5-6H2,1H3,(H,15,16);1H/t7-;/m1./s1. The van der Waals surface area contributed by atoms with Gasteiger partial charge in [0.15, 0.2) is 5.69 Å². The van der Waals surface area contributed by atoms with Gasteiger partial charge in [-0.3, -0.25) is 10.00 Å². The molecule has 18 heavy (non-hydrogen) atoms. The molecule has 0 aromatic carbocycles. The van der Waals surface area contributed by atoms with Gasteiger partial charge in [-0.2, -0.15) is 18.3 Å². The Morgan fingerprint density at radius 2 is 2.22 bits per heavy atom. The van der Waals surface area contributed by atoms with Crippen molar-refractivity contribution in [3.05, 3.63) is 17.5 Å². The largest absolute Gasteiger partial charge is 0.435 e. The molecule has 1 fully saturated rings. The Balaban J connectivity index is 0.00000162. The number of piperazine rings is 1. The van der Waals surface area contributed by atoms with Gasteiger partial charge in [-0.05, 0) is 13.0 Å². The number of halogens is 4. The first-order chi connectivity index (χ1) is 7.95. The highest BCUT2D eigenvalue weighted by Crippen LogP contribution is 2.27. The van der Waals surface area contributed by atoms with E-state index in [0.717, 1.165) is 25.7 Å². The minimum Gasteiger partial charge on any atom is -0.312 e. The number of H-pyrrole nitrogens is 1. The van der Waals surface area contributed by atoms with Crippen molar-refractivity contribution >= 4 is 12.4 Å². The van der Waals surface area contributed by atoms with E-state index in [-0.39, 0.29) is 12.4 Å². The molecule has 1 saturated heterocycles. The van der Waals surface area contributed by atoms with E-state index in [1.165, 1.54) is 0 Å². The van der Waals surface area contributed by atoms with Gasteiger partial charge in [-0.1, -0.05) is 0 Å². The van der Waals surface area contributed by atoms with Crippen LogP contribution >= 0.6 is 12.4 Å². The highest BCUT2D eigenvalue weighted by molar-refractivity contribution is 5.85. The van der Waals surface area contributed by atoms with Crippen LogP contribution in [0.5, 0.6) is 0 Å². The Bertz CT molecular complexity index is 379.